The monoisotopic (exact) mass is 799 g/mol. The zero-order valence-electron chi connectivity index (χ0n) is 36.3. The number of carbonyl (C=O) groups excluding carboxylic acids is 2. The maximum atomic E-state index is 12.1. The molecule has 0 atom stereocenters. The molecule has 0 spiro atoms. The molecule has 322 valence electrons. The van der Waals surface area contributed by atoms with Crippen molar-refractivity contribution in [3.05, 3.63) is 0 Å². The van der Waals surface area contributed by atoms with Crippen molar-refractivity contribution in [1.29, 1.82) is 0 Å². The molecule has 0 rings (SSSR count). The van der Waals surface area contributed by atoms with Crippen LogP contribution in [0, 0.1) is 0 Å². The van der Waals surface area contributed by atoms with Gasteiger partial charge in [0.1, 0.15) is 0 Å². The second kappa shape index (κ2) is 48.7. The van der Waals surface area contributed by atoms with Crippen LogP contribution in [0.15, 0.2) is 0 Å². The fourth-order valence-corrected chi connectivity index (χ4v) is 8.82. The van der Waals surface area contributed by atoms with Gasteiger partial charge in [0.15, 0.2) is 0 Å². The predicted octanol–water partition coefficient (Wildman–Crippen LogP) is 13.1. The van der Waals surface area contributed by atoms with Crippen LogP contribution < -0.4 is 21.3 Å². The van der Waals surface area contributed by atoms with Gasteiger partial charge in [-0.05, 0) is 25.9 Å². The number of carbonyl (C=O) groups is 2. The summed E-state index contributed by atoms with van der Waals surface area (Å²) in [5, 5.41) is 12.9. The highest BCUT2D eigenvalue weighted by Gasteiger charge is 2.03. The standard InChI is InChI=1S/C46H94N4O2S2/c1-3-5-7-9-11-13-15-17-19-21-23-25-27-29-31-33-37-47-39-35-45(51)49-41-43-53-54-44-42-50-46(52)36-40-48-38-34-32-30-28-26-24-22-20-18-16-14-12-10-8-6-4-2/h47-48H,3-44H2,1-2H3,(H,49,51)(H,50,52). The van der Waals surface area contributed by atoms with Crippen LogP contribution >= 0.6 is 21.6 Å². The third-order valence-corrected chi connectivity index (χ3v) is 13.0. The molecule has 0 aromatic heterocycles. The molecule has 0 aromatic carbocycles. The van der Waals surface area contributed by atoms with E-state index in [0.717, 1.165) is 37.7 Å². The minimum atomic E-state index is 0.135. The Kier molecular flexibility index (Phi) is 48.3. The molecule has 0 aliphatic heterocycles. The SMILES string of the molecule is CCCCCCCCCCCCCCCCCCNCCC(=O)NCCSSCCNC(=O)CCNCCCCCCCCCCCCCCCCCC. The van der Waals surface area contributed by atoms with Crippen LogP contribution in [-0.4, -0.2) is 62.6 Å². The number of nitrogens with one attached hydrogen (secondary N) is 4. The summed E-state index contributed by atoms with van der Waals surface area (Å²) in [5.74, 6) is 2.05. The summed E-state index contributed by atoms with van der Waals surface area (Å²) in [6.45, 7) is 9.55. The fourth-order valence-electron chi connectivity index (χ4n) is 7.01. The van der Waals surface area contributed by atoms with Crippen LogP contribution in [0.3, 0.4) is 0 Å². The number of hydrogen-bond acceptors (Lipinski definition) is 6. The highest BCUT2D eigenvalue weighted by molar-refractivity contribution is 8.76. The average Bonchev–Trinajstić information content (AvgIpc) is 3.17. The van der Waals surface area contributed by atoms with E-state index in [1.165, 1.54) is 205 Å². The summed E-state index contributed by atoms with van der Waals surface area (Å²) in [6.07, 6.45) is 45.8. The first-order chi connectivity index (χ1) is 26.7. The Hall–Kier alpha value is -0.440. The van der Waals surface area contributed by atoms with Gasteiger partial charge in [0.2, 0.25) is 11.8 Å². The molecule has 0 heterocycles. The molecule has 4 N–H and O–H groups in total. The van der Waals surface area contributed by atoms with Crippen molar-refractivity contribution >= 4 is 33.4 Å². The summed E-state index contributed by atoms with van der Waals surface area (Å²) >= 11 is 0. The molecule has 0 aliphatic carbocycles. The molecular weight excluding hydrogens is 705 g/mol. The minimum absolute atomic E-state index is 0.135. The fraction of sp³-hybridized carbons (Fsp3) is 0.957. The first-order valence-corrected chi connectivity index (χ1v) is 26.4. The molecular formula is C46H94N4O2S2. The summed E-state index contributed by atoms with van der Waals surface area (Å²) in [6, 6.07) is 0. The van der Waals surface area contributed by atoms with Crippen molar-refractivity contribution in [2.45, 2.75) is 232 Å². The van der Waals surface area contributed by atoms with E-state index >= 15 is 0 Å². The van der Waals surface area contributed by atoms with Crippen LogP contribution in [0.4, 0.5) is 0 Å². The van der Waals surface area contributed by atoms with Crippen LogP contribution in [0.2, 0.25) is 0 Å². The summed E-state index contributed by atoms with van der Waals surface area (Å²) in [7, 11) is 3.53. The van der Waals surface area contributed by atoms with Gasteiger partial charge in [-0.25, -0.2) is 0 Å². The highest BCUT2D eigenvalue weighted by atomic mass is 33.1. The van der Waals surface area contributed by atoms with Crippen LogP contribution in [0.25, 0.3) is 0 Å². The summed E-state index contributed by atoms with van der Waals surface area (Å²) < 4.78 is 0. The van der Waals surface area contributed by atoms with E-state index < -0.39 is 0 Å². The zero-order valence-corrected chi connectivity index (χ0v) is 38.0. The lowest BCUT2D eigenvalue weighted by Gasteiger charge is -2.08. The average molecular weight is 799 g/mol. The number of hydrogen-bond donors (Lipinski definition) is 4. The lowest BCUT2D eigenvalue weighted by molar-refractivity contribution is -0.121. The second-order valence-corrected chi connectivity index (χ2v) is 18.7. The van der Waals surface area contributed by atoms with Gasteiger partial charge in [-0.1, -0.05) is 228 Å². The first kappa shape index (κ1) is 53.6. The van der Waals surface area contributed by atoms with Gasteiger partial charge in [-0.3, -0.25) is 9.59 Å². The molecule has 0 saturated carbocycles. The molecule has 0 unspecified atom stereocenters. The van der Waals surface area contributed by atoms with Crippen molar-refractivity contribution in [3.63, 3.8) is 0 Å². The topological polar surface area (TPSA) is 82.3 Å². The van der Waals surface area contributed by atoms with E-state index in [1.54, 1.807) is 21.6 Å². The molecule has 0 radical (unpaired) electrons. The third kappa shape index (κ3) is 47.7. The maximum absolute atomic E-state index is 12.1. The van der Waals surface area contributed by atoms with Gasteiger partial charge in [0.25, 0.3) is 0 Å². The van der Waals surface area contributed by atoms with Crippen molar-refractivity contribution in [2.24, 2.45) is 0 Å². The van der Waals surface area contributed by atoms with Gasteiger partial charge in [0.05, 0.1) is 0 Å². The van der Waals surface area contributed by atoms with Gasteiger partial charge in [-0.2, -0.15) is 0 Å². The third-order valence-electron chi connectivity index (χ3n) is 10.6. The molecule has 0 fully saturated rings. The van der Waals surface area contributed by atoms with Crippen molar-refractivity contribution < 1.29 is 9.59 Å². The van der Waals surface area contributed by atoms with Gasteiger partial charge in [0, 0.05) is 50.5 Å². The number of rotatable bonds is 47. The molecule has 8 heteroatoms. The van der Waals surface area contributed by atoms with E-state index in [9.17, 15) is 9.59 Å². The largest absolute Gasteiger partial charge is 0.355 e. The summed E-state index contributed by atoms with van der Waals surface area (Å²) in [4.78, 5) is 24.2. The van der Waals surface area contributed by atoms with Crippen molar-refractivity contribution in [2.75, 3.05) is 50.8 Å². The molecule has 0 aliphatic rings. The molecule has 6 nitrogen and oxygen atoms in total. The molecule has 0 aromatic rings. The Bertz CT molecular complexity index is 686. The van der Waals surface area contributed by atoms with Crippen LogP contribution in [0.1, 0.15) is 232 Å². The molecule has 2 amide bonds. The smallest absolute Gasteiger partial charge is 0.221 e. The van der Waals surface area contributed by atoms with E-state index in [1.807, 2.05) is 0 Å². The minimum Gasteiger partial charge on any atom is -0.355 e. The lowest BCUT2D eigenvalue weighted by Crippen LogP contribution is -2.30. The first-order valence-electron chi connectivity index (χ1n) is 23.9. The Morgan fingerprint density at radius 3 is 0.815 bits per heavy atom. The Morgan fingerprint density at radius 1 is 0.315 bits per heavy atom. The Labute approximate surface area is 345 Å². The Morgan fingerprint density at radius 2 is 0.556 bits per heavy atom. The normalized spacial score (nSPS) is 11.4. The molecule has 0 bridgehead atoms. The highest BCUT2D eigenvalue weighted by Crippen LogP contribution is 2.19. The van der Waals surface area contributed by atoms with Crippen molar-refractivity contribution in [3.8, 4) is 0 Å². The van der Waals surface area contributed by atoms with E-state index in [-0.39, 0.29) is 11.8 Å². The second-order valence-electron chi connectivity index (χ2n) is 16.0. The molecule has 54 heavy (non-hydrogen) atoms. The number of amides is 2. The maximum Gasteiger partial charge on any atom is 0.221 e. The molecule has 0 saturated heterocycles. The van der Waals surface area contributed by atoms with Crippen LogP contribution in [0.5, 0.6) is 0 Å². The summed E-state index contributed by atoms with van der Waals surface area (Å²) in [5.41, 5.74) is 0. The van der Waals surface area contributed by atoms with Gasteiger partial charge in [-0.15, -0.1) is 0 Å². The number of unbranched alkanes of at least 4 members (excludes halogenated alkanes) is 30. The van der Waals surface area contributed by atoms with E-state index in [2.05, 4.69) is 35.1 Å². The van der Waals surface area contributed by atoms with Crippen LogP contribution in [-0.2, 0) is 9.59 Å². The van der Waals surface area contributed by atoms with Crippen molar-refractivity contribution in [1.82, 2.24) is 21.3 Å². The lowest BCUT2D eigenvalue weighted by atomic mass is 10.0. The zero-order chi connectivity index (χ0) is 39.1. The van der Waals surface area contributed by atoms with Gasteiger partial charge >= 0.3 is 0 Å². The van der Waals surface area contributed by atoms with E-state index in [4.69, 9.17) is 0 Å². The Balaban J connectivity index is 3.23. The van der Waals surface area contributed by atoms with Gasteiger partial charge < -0.3 is 21.3 Å². The predicted molar refractivity (Wildman–Crippen MR) is 245 cm³/mol. The van der Waals surface area contributed by atoms with E-state index in [0.29, 0.717) is 25.9 Å². The quantitative estimate of drug-likeness (QED) is 0.0363.